The second kappa shape index (κ2) is 4.29. The van der Waals surface area contributed by atoms with E-state index < -0.39 is 0 Å². The number of ether oxygens (including phenoxy) is 1. The van der Waals surface area contributed by atoms with Gasteiger partial charge in [0.1, 0.15) is 6.10 Å². The van der Waals surface area contributed by atoms with E-state index >= 15 is 0 Å². The van der Waals surface area contributed by atoms with Gasteiger partial charge in [0.2, 0.25) is 0 Å². The van der Waals surface area contributed by atoms with E-state index in [2.05, 4.69) is 6.58 Å². The van der Waals surface area contributed by atoms with Crippen molar-refractivity contribution in [2.75, 3.05) is 0 Å². The van der Waals surface area contributed by atoms with Crippen molar-refractivity contribution < 1.29 is 9.53 Å². The smallest absolute Gasteiger partial charge is 0.302 e. The van der Waals surface area contributed by atoms with E-state index in [4.69, 9.17) is 4.74 Å². The molecule has 0 saturated heterocycles. The Morgan fingerprint density at radius 1 is 1.58 bits per heavy atom. The molecular weight excluding hydrogens is 152 g/mol. The molecule has 2 atom stereocenters. The molecule has 0 aromatic rings. The largest absolute Gasteiger partial charge is 0.463 e. The summed E-state index contributed by atoms with van der Waals surface area (Å²) >= 11 is 0. The average molecular weight is 168 g/mol. The van der Waals surface area contributed by atoms with Crippen LogP contribution in [0.4, 0.5) is 0 Å². The number of carbonyl (C=O) groups excluding carboxylic acids is 1. The number of esters is 1. The monoisotopic (exact) mass is 168 g/mol. The topological polar surface area (TPSA) is 26.3 Å². The minimum absolute atomic E-state index is 0.138. The van der Waals surface area contributed by atoms with Crippen LogP contribution in [-0.4, -0.2) is 12.1 Å². The summed E-state index contributed by atoms with van der Waals surface area (Å²) in [6.45, 7) is 5.23. The van der Waals surface area contributed by atoms with Crippen molar-refractivity contribution in [2.24, 2.45) is 5.92 Å². The minimum atomic E-state index is -0.162. The maximum Gasteiger partial charge on any atom is 0.302 e. The van der Waals surface area contributed by atoms with E-state index in [-0.39, 0.29) is 12.1 Å². The summed E-state index contributed by atoms with van der Waals surface area (Å²) in [5.41, 5.74) is 0. The first-order valence-electron chi connectivity index (χ1n) is 4.52. The van der Waals surface area contributed by atoms with Gasteiger partial charge in [0, 0.05) is 6.92 Å². The predicted octanol–water partition coefficient (Wildman–Crippen LogP) is 2.29. The highest BCUT2D eigenvalue weighted by molar-refractivity contribution is 5.66. The van der Waals surface area contributed by atoms with Gasteiger partial charge < -0.3 is 4.74 Å². The summed E-state index contributed by atoms with van der Waals surface area (Å²) in [7, 11) is 0. The lowest BCUT2D eigenvalue weighted by molar-refractivity contribution is -0.148. The second-order valence-electron chi connectivity index (χ2n) is 3.39. The Bertz CT molecular complexity index is 175. The summed E-state index contributed by atoms with van der Waals surface area (Å²) < 4.78 is 5.14. The van der Waals surface area contributed by atoms with Crippen molar-refractivity contribution in [1.29, 1.82) is 0 Å². The van der Waals surface area contributed by atoms with Gasteiger partial charge in [-0.05, 0) is 31.6 Å². The molecule has 68 valence electrons. The molecule has 12 heavy (non-hydrogen) atoms. The Morgan fingerprint density at radius 3 is 2.92 bits per heavy atom. The van der Waals surface area contributed by atoms with E-state index in [9.17, 15) is 4.79 Å². The lowest BCUT2D eigenvalue weighted by atomic mass is 9.87. The van der Waals surface area contributed by atoms with Crippen LogP contribution in [0, 0.1) is 5.92 Å². The van der Waals surface area contributed by atoms with Crippen LogP contribution in [0.25, 0.3) is 0 Å². The van der Waals surface area contributed by atoms with E-state index in [1.54, 1.807) is 0 Å². The van der Waals surface area contributed by atoms with E-state index in [0.29, 0.717) is 5.92 Å². The van der Waals surface area contributed by atoms with Gasteiger partial charge in [-0.3, -0.25) is 4.79 Å². The lowest BCUT2D eigenvalue weighted by Gasteiger charge is -2.26. The van der Waals surface area contributed by atoms with Crippen molar-refractivity contribution in [3.8, 4) is 0 Å². The highest BCUT2D eigenvalue weighted by atomic mass is 16.5. The maximum atomic E-state index is 10.7. The van der Waals surface area contributed by atoms with Crippen LogP contribution in [0.1, 0.15) is 32.6 Å². The van der Waals surface area contributed by atoms with Crippen LogP contribution in [0.15, 0.2) is 12.7 Å². The third-order valence-corrected chi connectivity index (χ3v) is 2.33. The zero-order chi connectivity index (χ0) is 8.97. The Balaban J connectivity index is 2.35. The minimum Gasteiger partial charge on any atom is -0.463 e. The van der Waals surface area contributed by atoms with Crippen LogP contribution < -0.4 is 0 Å². The van der Waals surface area contributed by atoms with Crippen molar-refractivity contribution in [3.63, 3.8) is 0 Å². The molecule has 0 spiro atoms. The van der Waals surface area contributed by atoms with Gasteiger partial charge in [0.25, 0.3) is 0 Å². The molecule has 1 fully saturated rings. The van der Waals surface area contributed by atoms with Crippen LogP contribution in [0.2, 0.25) is 0 Å². The number of hydrogen-bond donors (Lipinski definition) is 0. The van der Waals surface area contributed by atoms with Crippen LogP contribution in [0.5, 0.6) is 0 Å². The first-order valence-corrected chi connectivity index (χ1v) is 4.52. The third kappa shape index (κ3) is 2.68. The average Bonchev–Trinajstić information content (AvgIpc) is 2.03. The molecule has 0 aromatic heterocycles. The van der Waals surface area contributed by atoms with Gasteiger partial charge in [-0.1, -0.05) is 6.08 Å². The highest BCUT2D eigenvalue weighted by Crippen LogP contribution is 2.26. The standard InChI is InChI=1S/C10H16O2/c1-3-9-5-4-6-10(7-9)12-8(2)11/h3,9-10H,1,4-7H2,2H3. The molecule has 0 aromatic carbocycles. The van der Waals surface area contributed by atoms with Crippen molar-refractivity contribution >= 4 is 5.97 Å². The Kier molecular flexibility index (Phi) is 3.32. The summed E-state index contributed by atoms with van der Waals surface area (Å²) in [6, 6.07) is 0. The molecule has 0 radical (unpaired) electrons. The number of allylic oxidation sites excluding steroid dienone is 1. The predicted molar refractivity (Wildman–Crippen MR) is 47.7 cm³/mol. The van der Waals surface area contributed by atoms with Gasteiger partial charge in [0.05, 0.1) is 0 Å². The van der Waals surface area contributed by atoms with Gasteiger partial charge in [0.15, 0.2) is 0 Å². The lowest BCUT2D eigenvalue weighted by Crippen LogP contribution is -2.23. The fourth-order valence-electron chi connectivity index (χ4n) is 1.74. The second-order valence-corrected chi connectivity index (χ2v) is 3.39. The fraction of sp³-hybridized carbons (Fsp3) is 0.700. The molecule has 1 rings (SSSR count). The van der Waals surface area contributed by atoms with Crippen molar-refractivity contribution in [3.05, 3.63) is 12.7 Å². The maximum absolute atomic E-state index is 10.7. The molecule has 0 N–H and O–H groups in total. The molecule has 0 heterocycles. The molecule has 1 saturated carbocycles. The van der Waals surface area contributed by atoms with Crippen LogP contribution in [-0.2, 0) is 9.53 Å². The van der Waals surface area contributed by atoms with Crippen LogP contribution >= 0.6 is 0 Å². The molecule has 2 nitrogen and oxygen atoms in total. The first-order chi connectivity index (χ1) is 5.72. The van der Waals surface area contributed by atoms with Gasteiger partial charge >= 0.3 is 5.97 Å². The highest BCUT2D eigenvalue weighted by Gasteiger charge is 2.21. The Morgan fingerprint density at radius 2 is 2.33 bits per heavy atom. The quantitative estimate of drug-likeness (QED) is 0.467. The third-order valence-electron chi connectivity index (χ3n) is 2.33. The number of carbonyl (C=O) groups is 1. The fourth-order valence-corrected chi connectivity index (χ4v) is 1.74. The molecule has 2 heteroatoms. The molecule has 1 aliphatic rings. The first kappa shape index (κ1) is 9.30. The molecule has 0 amide bonds. The van der Waals surface area contributed by atoms with E-state index in [1.807, 2.05) is 6.08 Å². The summed E-state index contributed by atoms with van der Waals surface area (Å²) in [5, 5.41) is 0. The summed E-state index contributed by atoms with van der Waals surface area (Å²) in [5.74, 6) is 0.382. The van der Waals surface area contributed by atoms with Crippen LogP contribution in [0.3, 0.4) is 0 Å². The van der Waals surface area contributed by atoms with Gasteiger partial charge in [-0.15, -0.1) is 6.58 Å². The van der Waals surface area contributed by atoms with Crippen molar-refractivity contribution in [1.82, 2.24) is 0 Å². The number of rotatable bonds is 2. The van der Waals surface area contributed by atoms with Gasteiger partial charge in [-0.2, -0.15) is 0 Å². The molecule has 1 aliphatic carbocycles. The Labute approximate surface area is 73.6 Å². The zero-order valence-corrected chi connectivity index (χ0v) is 7.58. The Hall–Kier alpha value is -0.790. The SMILES string of the molecule is C=CC1CCCC(OC(C)=O)C1. The molecule has 0 bridgehead atoms. The van der Waals surface area contributed by atoms with E-state index in [1.165, 1.54) is 13.3 Å². The number of hydrogen-bond acceptors (Lipinski definition) is 2. The normalized spacial score (nSPS) is 29.4. The zero-order valence-electron chi connectivity index (χ0n) is 7.58. The summed E-state index contributed by atoms with van der Waals surface area (Å²) in [6.07, 6.45) is 6.43. The van der Waals surface area contributed by atoms with Crippen molar-refractivity contribution in [2.45, 2.75) is 38.7 Å². The van der Waals surface area contributed by atoms with E-state index in [0.717, 1.165) is 19.3 Å². The summed E-state index contributed by atoms with van der Waals surface area (Å²) in [4.78, 5) is 10.7. The van der Waals surface area contributed by atoms with Gasteiger partial charge in [-0.25, -0.2) is 0 Å². The molecule has 2 unspecified atom stereocenters. The molecule has 0 aliphatic heterocycles. The molecular formula is C10H16O2.